The molecule has 0 saturated carbocycles. The fraction of sp³-hybridized carbons (Fsp3) is 0.0333. The molecule has 0 fully saturated rings. The van der Waals surface area contributed by atoms with E-state index in [1.807, 2.05) is 66.7 Å². The van der Waals surface area contributed by atoms with Crippen LogP contribution < -0.4 is 14.9 Å². The average Bonchev–Trinajstić information content (AvgIpc) is 2.93. The van der Waals surface area contributed by atoms with Gasteiger partial charge < -0.3 is 9.47 Å². The maximum absolute atomic E-state index is 12.6. The Labute approximate surface area is 209 Å². The second-order valence-electron chi connectivity index (χ2n) is 7.70. The molecule has 6 nitrogen and oxygen atoms in total. The van der Waals surface area contributed by atoms with Crippen LogP contribution in [0.15, 0.2) is 120 Å². The molecule has 4 aromatic carbocycles. The molecule has 6 heteroatoms. The van der Waals surface area contributed by atoms with Gasteiger partial charge in [0.1, 0.15) is 18.1 Å². The van der Waals surface area contributed by atoms with Gasteiger partial charge in [0.05, 0.1) is 11.8 Å². The standard InChI is InChI=1S/C30H24N2O4/c33-29(20-17-23-9-3-1-4-10-23)36-26-18-15-24(16-19-26)21-31-32-30(34)27-13-7-8-14-28(27)35-22-25-11-5-2-6-12-25/h1-21H,22H2,(H,32,34)/b20-17+,31-21+. The zero-order valence-electron chi connectivity index (χ0n) is 19.4. The molecule has 0 bridgehead atoms. The molecule has 36 heavy (non-hydrogen) atoms. The molecule has 1 amide bonds. The number of hydrazone groups is 1. The van der Waals surface area contributed by atoms with Crippen molar-refractivity contribution in [3.05, 3.63) is 138 Å². The number of benzene rings is 4. The summed E-state index contributed by atoms with van der Waals surface area (Å²) in [6.07, 6.45) is 4.57. The second-order valence-corrected chi connectivity index (χ2v) is 7.70. The number of esters is 1. The monoisotopic (exact) mass is 476 g/mol. The number of hydrogen-bond donors (Lipinski definition) is 1. The van der Waals surface area contributed by atoms with Gasteiger partial charge in [0.15, 0.2) is 0 Å². The van der Waals surface area contributed by atoms with E-state index in [1.165, 1.54) is 12.3 Å². The van der Waals surface area contributed by atoms with Crippen molar-refractivity contribution in [2.24, 2.45) is 5.10 Å². The molecule has 4 aromatic rings. The zero-order chi connectivity index (χ0) is 25.0. The first-order valence-corrected chi connectivity index (χ1v) is 11.3. The lowest BCUT2D eigenvalue weighted by Gasteiger charge is -2.10. The van der Waals surface area contributed by atoms with Crippen LogP contribution in [0.2, 0.25) is 0 Å². The minimum atomic E-state index is -0.472. The molecule has 0 radical (unpaired) electrons. The summed E-state index contributed by atoms with van der Waals surface area (Å²) in [5.41, 5.74) is 5.55. The van der Waals surface area contributed by atoms with Crippen molar-refractivity contribution in [3.63, 3.8) is 0 Å². The van der Waals surface area contributed by atoms with Crippen LogP contribution in [0.1, 0.15) is 27.0 Å². The van der Waals surface area contributed by atoms with E-state index < -0.39 is 5.97 Å². The highest BCUT2D eigenvalue weighted by molar-refractivity contribution is 5.97. The molecule has 1 N–H and O–H groups in total. The van der Waals surface area contributed by atoms with Crippen LogP contribution in [-0.2, 0) is 11.4 Å². The highest BCUT2D eigenvalue weighted by Crippen LogP contribution is 2.19. The third-order valence-corrected chi connectivity index (χ3v) is 5.06. The van der Waals surface area contributed by atoms with Crippen LogP contribution in [0, 0.1) is 0 Å². The molecule has 0 aliphatic rings. The predicted molar refractivity (Wildman–Crippen MR) is 140 cm³/mol. The molecule has 0 heterocycles. The normalized spacial score (nSPS) is 10.9. The van der Waals surface area contributed by atoms with Crippen LogP contribution in [-0.4, -0.2) is 18.1 Å². The lowest BCUT2D eigenvalue weighted by Crippen LogP contribution is -2.18. The van der Waals surface area contributed by atoms with Crippen LogP contribution in [0.3, 0.4) is 0 Å². The van der Waals surface area contributed by atoms with Gasteiger partial charge in [0.2, 0.25) is 0 Å². The number of para-hydroxylation sites is 1. The van der Waals surface area contributed by atoms with E-state index >= 15 is 0 Å². The molecule has 4 rings (SSSR count). The molecule has 178 valence electrons. The molecular weight excluding hydrogens is 452 g/mol. The number of carbonyl (C=O) groups is 2. The number of nitrogens with zero attached hydrogens (tertiary/aromatic N) is 1. The summed E-state index contributed by atoms with van der Waals surface area (Å²) in [5.74, 6) is 0.0243. The highest BCUT2D eigenvalue weighted by Gasteiger charge is 2.11. The number of amides is 1. The maximum atomic E-state index is 12.6. The fourth-order valence-electron chi connectivity index (χ4n) is 3.24. The highest BCUT2D eigenvalue weighted by atomic mass is 16.5. The van der Waals surface area contributed by atoms with Gasteiger partial charge in [-0.2, -0.15) is 5.10 Å². The van der Waals surface area contributed by atoms with E-state index in [2.05, 4.69) is 10.5 Å². The maximum Gasteiger partial charge on any atom is 0.336 e. The van der Waals surface area contributed by atoms with Crippen LogP contribution in [0.5, 0.6) is 11.5 Å². The molecular formula is C30H24N2O4. The lowest BCUT2D eigenvalue weighted by atomic mass is 10.2. The van der Waals surface area contributed by atoms with Crippen molar-refractivity contribution >= 4 is 24.2 Å². The van der Waals surface area contributed by atoms with Crippen LogP contribution >= 0.6 is 0 Å². The average molecular weight is 477 g/mol. The van der Waals surface area contributed by atoms with Gasteiger partial charge in [-0.15, -0.1) is 0 Å². The van der Waals surface area contributed by atoms with Gasteiger partial charge in [-0.05, 0) is 59.2 Å². The third kappa shape index (κ3) is 7.27. The quantitative estimate of drug-likeness (QED) is 0.111. The lowest BCUT2D eigenvalue weighted by molar-refractivity contribution is -0.128. The Morgan fingerprint density at radius 3 is 2.17 bits per heavy atom. The van der Waals surface area contributed by atoms with E-state index in [4.69, 9.17) is 9.47 Å². The van der Waals surface area contributed by atoms with Crippen LogP contribution in [0.25, 0.3) is 6.08 Å². The Bertz CT molecular complexity index is 1350. The summed E-state index contributed by atoms with van der Waals surface area (Å²) in [4.78, 5) is 24.7. The van der Waals surface area contributed by atoms with E-state index in [9.17, 15) is 9.59 Å². The van der Waals surface area contributed by atoms with Gasteiger partial charge in [0, 0.05) is 6.08 Å². The predicted octanol–water partition coefficient (Wildman–Crippen LogP) is 5.65. The van der Waals surface area contributed by atoms with Gasteiger partial charge in [-0.25, -0.2) is 10.2 Å². The summed E-state index contributed by atoms with van der Waals surface area (Å²) in [6, 6.07) is 33.0. The Hall–Kier alpha value is -4.97. The zero-order valence-corrected chi connectivity index (χ0v) is 19.4. The Kier molecular flexibility index (Phi) is 8.38. The van der Waals surface area contributed by atoms with Crippen molar-refractivity contribution < 1.29 is 19.1 Å². The summed E-state index contributed by atoms with van der Waals surface area (Å²) < 4.78 is 11.1. The van der Waals surface area contributed by atoms with E-state index in [1.54, 1.807) is 48.5 Å². The number of ether oxygens (including phenoxy) is 2. The summed E-state index contributed by atoms with van der Waals surface area (Å²) in [7, 11) is 0. The molecule has 0 atom stereocenters. The van der Waals surface area contributed by atoms with Crippen LogP contribution in [0.4, 0.5) is 0 Å². The molecule has 0 saturated heterocycles. The largest absolute Gasteiger partial charge is 0.488 e. The number of hydrogen-bond acceptors (Lipinski definition) is 5. The topological polar surface area (TPSA) is 77.0 Å². The van der Waals surface area contributed by atoms with Crippen molar-refractivity contribution in [2.45, 2.75) is 6.61 Å². The third-order valence-electron chi connectivity index (χ3n) is 5.06. The van der Waals surface area contributed by atoms with Gasteiger partial charge in [-0.1, -0.05) is 72.8 Å². The van der Waals surface area contributed by atoms with E-state index in [0.717, 1.165) is 16.7 Å². The summed E-state index contributed by atoms with van der Waals surface area (Å²) in [5, 5.41) is 4.03. The van der Waals surface area contributed by atoms with Crippen molar-refractivity contribution in [1.82, 2.24) is 5.43 Å². The molecule has 0 spiro atoms. The van der Waals surface area contributed by atoms with Gasteiger partial charge >= 0.3 is 5.97 Å². The number of nitrogens with one attached hydrogen (secondary N) is 1. The fourth-order valence-corrected chi connectivity index (χ4v) is 3.24. The van der Waals surface area contributed by atoms with E-state index in [-0.39, 0.29) is 5.91 Å². The first kappa shape index (κ1) is 24.2. The van der Waals surface area contributed by atoms with Gasteiger partial charge in [0.25, 0.3) is 5.91 Å². The smallest absolute Gasteiger partial charge is 0.336 e. The molecule has 0 aliphatic carbocycles. The number of rotatable bonds is 9. The summed E-state index contributed by atoms with van der Waals surface area (Å²) >= 11 is 0. The van der Waals surface area contributed by atoms with Gasteiger partial charge in [-0.3, -0.25) is 4.79 Å². The van der Waals surface area contributed by atoms with Crippen molar-refractivity contribution in [3.8, 4) is 11.5 Å². The van der Waals surface area contributed by atoms with Crippen molar-refractivity contribution in [1.29, 1.82) is 0 Å². The Morgan fingerprint density at radius 2 is 1.42 bits per heavy atom. The Balaban J connectivity index is 1.29. The second kappa shape index (κ2) is 12.5. The minimum Gasteiger partial charge on any atom is -0.488 e. The molecule has 0 aromatic heterocycles. The molecule has 0 unspecified atom stereocenters. The minimum absolute atomic E-state index is 0.355. The first-order chi connectivity index (χ1) is 17.7. The van der Waals surface area contributed by atoms with Crippen molar-refractivity contribution in [2.75, 3.05) is 0 Å². The Morgan fingerprint density at radius 1 is 0.750 bits per heavy atom. The number of carbonyl (C=O) groups excluding carboxylic acids is 2. The summed E-state index contributed by atoms with van der Waals surface area (Å²) in [6.45, 7) is 0.355. The SMILES string of the molecule is O=C(/C=C/c1ccccc1)Oc1ccc(/C=N/NC(=O)c2ccccc2OCc2ccccc2)cc1. The first-order valence-electron chi connectivity index (χ1n) is 11.3. The van der Waals surface area contributed by atoms with E-state index in [0.29, 0.717) is 23.7 Å². The molecule has 0 aliphatic heterocycles.